The zero-order valence-corrected chi connectivity index (χ0v) is 16.6. The minimum Gasteiger partial charge on any atom is -0.330 e. The van der Waals surface area contributed by atoms with Crippen LogP contribution in [0.5, 0.6) is 0 Å². The Morgan fingerprint density at radius 1 is 1.19 bits per heavy atom. The van der Waals surface area contributed by atoms with E-state index in [9.17, 15) is 4.79 Å². The number of anilines is 3. The molecule has 0 aliphatic rings. The fraction of sp³-hybridized carbons (Fsp3) is 0.167. The molecule has 26 heavy (non-hydrogen) atoms. The molecule has 2 N–H and O–H groups in total. The van der Waals surface area contributed by atoms with E-state index in [2.05, 4.69) is 20.8 Å². The van der Waals surface area contributed by atoms with Gasteiger partial charge in [0.2, 0.25) is 11.0 Å². The molecule has 2 aromatic carbocycles. The van der Waals surface area contributed by atoms with Gasteiger partial charge < -0.3 is 10.6 Å². The maximum absolute atomic E-state index is 12.4. The number of para-hydroxylation sites is 1. The topological polar surface area (TPSA) is 66.9 Å². The monoisotopic (exact) mass is 404 g/mol. The molecule has 8 heteroatoms. The summed E-state index contributed by atoms with van der Waals surface area (Å²) in [6.45, 7) is 3.77. The molecule has 3 rings (SSSR count). The Labute approximate surface area is 165 Å². The molecule has 0 saturated carbocycles. The van der Waals surface area contributed by atoms with Crippen LogP contribution in [0.15, 0.2) is 52.9 Å². The Morgan fingerprint density at radius 2 is 1.96 bits per heavy atom. The van der Waals surface area contributed by atoms with E-state index in [1.54, 1.807) is 12.1 Å². The maximum atomic E-state index is 12.4. The fourth-order valence-corrected chi connectivity index (χ4v) is 4.21. The second-order valence-corrected chi connectivity index (χ2v) is 8.57. The van der Waals surface area contributed by atoms with Gasteiger partial charge >= 0.3 is 0 Å². The number of halogens is 1. The van der Waals surface area contributed by atoms with Crippen LogP contribution in [0.3, 0.4) is 0 Å². The first-order valence-electron chi connectivity index (χ1n) is 7.90. The molecule has 1 atom stereocenters. The van der Waals surface area contributed by atoms with E-state index < -0.39 is 0 Å². The number of benzene rings is 2. The highest BCUT2D eigenvalue weighted by atomic mass is 35.5. The lowest BCUT2D eigenvalue weighted by atomic mass is 10.2. The molecule has 1 amide bonds. The predicted molar refractivity (Wildman–Crippen MR) is 110 cm³/mol. The number of carbonyl (C=O) groups is 1. The van der Waals surface area contributed by atoms with E-state index in [4.69, 9.17) is 11.6 Å². The SMILES string of the molecule is Cc1ccc(Cl)cc1NC(=O)[C@@H](C)Sc1nnc(Nc2ccccc2)s1. The molecular weight excluding hydrogens is 388 g/mol. The molecule has 1 aromatic heterocycles. The van der Waals surface area contributed by atoms with E-state index >= 15 is 0 Å². The number of aryl methyl sites for hydroxylation is 1. The molecule has 1 heterocycles. The minimum atomic E-state index is -0.314. The van der Waals surface area contributed by atoms with Gasteiger partial charge in [-0.1, -0.05) is 59.0 Å². The van der Waals surface area contributed by atoms with Crippen LogP contribution in [0, 0.1) is 6.92 Å². The molecule has 3 aromatic rings. The van der Waals surface area contributed by atoms with Crippen molar-refractivity contribution in [3.05, 3.63) is 59.1 Å². The summed E-state index contributed by atoms with van der Waals surface area (Å²) in [6.07, 6.45) is 0. The number of hydrogen-bond acceptors (Lipinski definition) is 6. The van der Waals surface area contributed by atoms with E-state index in [1.165, 1.54) is 23.1 Å². The third kappa shape index (κ3) is 4.97. The smallest absolute Gasteiger partial charge is 0.237 e. The van der Waals surface area contributed by atoms with Crippen molar-refractivity contribution >= 4 is 57.1 Å². The first-order chi connectivity index (χ1) is 12.5. The zero-order chi connectivity index (χ0) is 18.5. The van der Waals surface area contributed by atoms with Gasteiger partial charge in [0, 0.05) is 16.4 Å². The number of thioether (sulfide) groups is 1. The van der Waals surface area contributed by atoms with Crippen LogP contribution in [0.1, 0.15) is 12.5 Å². The van der Waals surface area contributed by atoms with Gasteiger partial charge in [-0.15, -0.1) is 10.2 Å². The van der Waals surface area contributed by atoms with Gasteiger partial charge in [0.25, 0.3) is 0 Å². The van der Waals surface area contributed by atoms with Gasteiger partial charge in [0.15, 0.2) is 4.34 Å². The summed E-state index contributed by atoms with van der Waals surface area (Å²) in [7, 11) is 0. The van der Waals surface area contributed by atoms with Crippen molar-refractivity contribution in [1.82, 2.24) is 10.2 Å². The summed E-state index contributed by atoms with van der Waals surface area (Å²) >= 11 is 8.78. The highest BCUT2D eigenvalue weighted by Gasteiger charge is 2.18. The molecule has 134 valence electrons. The Hall–Kier alpha value is -2.09. The molecule has 0 radical (unpaired) electrons. The lowest BCUT2D eigenvalue weighted by Gasteiger charge is -2.12. The Kier molecular flexibility index (Phi) is 6.13. The number of rotatable bonds is 6. The van der Waals surface area contributed by atoms with E-state index in [-0.39, 0.29) is 11.2 Å². The van der Waals surface area contributed by atoms with Gasteiger partial charge in [0.05, 0.1) is 5.25 Å². The number of nitrogens with one attached hydrogen (secondary N) is 2. The van der Waals surface area contributed by atoms with Crippen molar-refractivity contribution in [2.24, 2.45) is 0 Å². The third-order valence-electron chi connectivity index (χ3n) is 3.54. The molecule has 5 nitrogen and oxygen atoms in total. The van der Waals surface area contributed by atoms with Crippen LogP contribution in [0.25, 0.3) is 0 Å². The second kappa shape index (κ2) is 8.53. The summed E-state index contributed by atoms with van der Waals surface area (Å²) in [5.74, 6) is -0.104. The quantitative estimate of drug-likeness (QED) is 0.541. The first kappa shape index (κ1) is 18.7. The highest BCUT2D eigenvalue weighted by molar-refractivity contribution is 8.02. The summed E-state index contributed by atoms with van der Waals surface area (Å²) in [5.41, 5.74) is 2.63. The van der Waals surface area contributed by atoms with Crippen molar-refractivity contribution in [3.8, 4) is 0 Å². The van der Waals surface area contributed by atoms with Crippen molar-refractivity contribution in [3.63, 3.8) is 0 Å². The Morgan fingerprint density at radius 3 is 2.73 bits per heavy atom. The molecule has 0 aliphatic carbocycles. The molecule has 0 aliphatic heterocycles. The minimum absolute atomic E-state index is 0.104. The van der Waals surface area contributed by atoms with Crippen LogP contribution >= 0.6 is 34.7 Å². The predicted octanol–water partition coefficient (Wildman–Crippen LogP) is 5.36. The van der Waals surface area contributed by atoms with Crippen LogP contribution in [-0.2, 0) is 4.79 Å². The van der Waals surface area contributed by atoms with Crippen LogP contribution in [0.2, 0.25) is 5.02 Å². The van der Waals surface area contributed by atoms with Gasteiger partial charge in [-0.05, 0) is 43.7 Å². The molecule has 0 saturated heterocycles. The molecule has 0 bridgehead atoms. The van der Waals surface area contributed by atoms with Crippen molar-refractivity contribution < 1.29 is 4.79 Å². The van der Waals surface area contributed by atoms with Crippen molar-refractivity contribution in [2.45, 2.75) is 23.4 Å². The van der Waals surface area contributed by atoms with E-state index in [0.29, 0.717) is 10.2 Å². The van der Waals surface area contributed by atoms with Crippen molar-refractivity contribution in [2.75, 3.05) is 10.6 Å². The summed E-state index contributed by atoms with van der Waals surface area (Å²) in [5, 5.41) is 15.3. The highest BCUT2D eigenvalue weighted by Crippen LogP contribution is 2.31. The van der Waals surface area contributed by atoms with Gasteiger partial charge in [-0.25, -0.2) is 0 Å². The number of carbonyl (C=O) groups excluding carboxylic acids is 1. The van der Waals surface area contributed by atoms with E-state index in [1.807, 2.05) is 50.2 Å². The molecular formula is C18H17ClN4OS2. The van der Waals surface area contributed by atoms with Crippen LogP contribution in [-0.4, -0.2) is 21.4 Å². The normalized spacial score (nSPS) is 11.8. The van der Waals surface area contributed by atoms with Gasteiger partial charge in [0.1, 0.15) is 0 Å². The maximum Gasteiger partial charge on any atom is 0.237 e. The number of hydrogen-bond donors (Lipinski definition) is 2. The average molecular weight is 405 g/mol. The average Bonchev–Trinajstić information content (AvgIpc) is 3.05. The van der Waals surface area contributed by atoms with E-state index in [0.717, 1.165) is 21.3 Å². The number of nitrogens with zero attached hydrogens (tertiary/aromatic N) is 2. The third-order valence-corrected chi connectivity index (χ3v) is 5.79. The largest absolute Gasteiger partial charge is 0.330 e. The molecule has 0 fully saturated rings. The fourth-order valence-electron chi connectivity index (χ4n) is 2.12. The zero-order valence-electron chi connectivity index (χ0n) is 14.2. The van der Waals surface area contributed by atoms with Gasteiger partial charge in [-0.2, -0.15) is 0 Å². The second-order valence-electron chi connectivity index (χ2n) is 5.57. The van der Waals surface area contributed by atoms with Gasteiger partial charge in [-0.3, -0.25) is 4.79 Å². The lowest BCUT2D eigenvalue weighted by molar-refractivity contribution is -0.115. The number of aromatic nitrogens is 2. The van der Waals surface area contributed by atoms with Crippen LogP contribution < -0.4 is 10.6 Å². The summed E-state index contributed by atoms with van der Waals surface area (Å²) in [4.78, 5) is 12.4. The lowest BCUT2D eigenvalue weighted by Crippen LogP contribution is -2.22. The standard InChI is InChI=1S/C18H17ClN4OS2/c1-11-8-9-13(19)10-15(11)21-16(24)12(2)25-18-23-22-17(26-18)20-14-6-4-3-5-7-14/h3-10,12H,1-2H3,(H,20,22)(H,21,24)/t12-/m1/s1. The Bertz CT molecular complexity index is 901. The van der Waals surface area contributed by atoms with Crippen LogP contribution in [0.4, 0.5) is 16.5 Å². The molecule has 0 unspecified atom stereocenters. The summed E-state index contributed by atoms with van der Waals surface area (Å²) in [6, 6.07) is 15.2. The Balaban J connectivity index is 1.60. The van der Waals surface area contributed by atoms with Crippen molar-refractivity contribution in [1.29, 1.82) is 0 Å². The summed E-state index contributed by atoms with van der Waals surface area (Å²) < 4.78 is 0.730. The number of amides is 1. The first-order valence-corrected chi connectivity index (χ1v) is 9.98. The molecule has 0 spiro atoms.